The minimum absolute atomic E-state index is 0.172. The summed E-state index contributed by atoms with van der Waals surface area (Å²) < 4.78 is 17.0. The second-order valence-corrected chi connectivity index (χ2v) is 8.70. The standard InChI is InChI=1S/C28H30N2O7/c1-3-35-26(28(32)33)16-19-8-11-21(12-9-19)36-15-14-30-24-17-20(22-6-4-5-7-23(22)29-34)10-13-25(24)37-18(2)27(30)31/h4-13,17-18,22,26,34H,3,14-16H2,1-2H3,(H,32,33). The lowest BCUT2D eigenvalue weighted by atomic mass is 9.90. The fraction of sp³-hybridized carbons (Fsp3) is 0.321. The molecule has 1 heterocycles. The molecular formula is C28H30N2O7. The number of oxime groups is 1. The van der Waals surface area contributed by atoms with Crippen molar-refractivity contribution in [2.24, 2.45) is 5.16 Å². The van der Waals surface area contributed by atoms with Gasteiger partial charge >= 0.3 is 5.97 Å². The van der Waals surface area contributed by atoms with Gasteiger partial charge in [-0.05, 0) is 55.3 Å². The molecule has 1 aliphatic carbocycles. The number of hydrogen-bond acceptors (Lipinski definition) is 7. The number of allylic oxidation sites excluding steroid dienone is 4. The van der Waals surface area contributed by atoms with Crippen LogP contribution in [0.25, 0.3) is 0 Å². The van der Waals surface area contributed by atoms with Crippen LogP contribution in [0.3, 0.4) is 0 Å². The molecule has 0 saturated heterocycles. The molecule has 194 valence electrons. The summed E-state index contributed by atoms with van der Waals surface area (Å²) in [6.45, 7) is 4.35. The van der Waals surface area contributed by atoms with Crippen LogP contribution in [-0.4, -0.2) is 59.9 Å². The molecule has 9 nitrogen and oxygen atoms in total. The van der Waals surface area contributed by atoms with Crippen molar-refractivity contribution >= 4 is 23.3 Å². The average Bonchev–Trinajstić information content (AvgIpc) is 2.91. The Bertz CT molecular complexity index is 1220. The molecule has 1 aliphatic heterocycles. The number of carboxylic acids is 1. The highest BCUT2D eigenvalue weighted by atomic mass is 16.5. The molecule has 4 rings (SSSR count). The largest absolute Gasteiger partial charge is 0.492 e. The summed E-state index contributed by atoms with van der Waals surface area (Å²) in [6, 6.07) is 12.8. The number of carbonyl (C=O) groups excluding carboxylic acids is 1. The van der Waals surface area contributed by atoms with Crippen molar-refractivity contribution in [1.29, 1.82) is 0 Å². The molecule has 2 aliphatic rings. The predicted octanol–water partition coefficient (Wildman–Crippen LogP) is 3.95. The van der Waals surface area contributed by atoms with Gasteiger partial charge in [0.05, 0.1) is 17.9 Å². The summed E-state index contributed by atoms with van der Waals surface area (Å²) >= 11 is 0. The Morgan fingerprint density at radius 3 is 2.68 bits per heavy atom. The van der Waals surface area contributed by atoms with Crippen LogP contribution in [0.15, 0.2) is 71.9 Å². The summed E-state index contributed by atoms with van der Waals surface area (Å²) in [7, 11) is 0. The summed E-state index contributed by atoms with van der Waals surface area (Å²) in [5.41, 5.74) is 2.83. The smallest absolute Gasteiger partial charge is 0.333 e. The molecule has 3 atom stereocenters. The molecule has 0 bridgehead atoms. The molecular weight excluding hydrogens is 476 g/mol. The summed E-state index contributed by atoms with van der Waals surface area (Å²) in [5.74, 6) is -0.201. The lowest BCUT2D eigenvalue weighted by Crippen LogP contribution is -2.46. The first-order chi connectivity index (χ1) is 17.9. The number of hydrogen-bond donors (Lipinski definition) is 2. The number of nitrogens with zero attached hydrogens (tertiary/aromatic N) is 2. The number of rotatable bonds is 10. The van der Waals surface area contributed by atoms with Gasteiger partial charge < -0.3 is 29.4 Å². The van der Waals surface area contributed by atoms with E-state index in [-0.39, 0.29) is 24.9 Å². The van der Waals surface area contributed by atoms with Gasteiger partial charge in [-0.25, -0.2) is 4.79 Å². The van der Waals surface area contributed by atoms with Crippen molar-refractivity contribution in [1.82, 2.24) is 0 Å². The third-order valence-electron chi connectivity index (χ3n) is 6.24. The fourth-order valence-electron chi connectivity index (χ4n) is 4.37. The van der Waals surface area contributed by atoms with Crippen LogP contribution >= 0.6 is 0 Å². The van der Waals surface area contributed by atoms with Gasteiger partial charge in [0.25, 0.3) is 5.91 Å². The van der Waals surface area contributed by atoms with Gasteiger partial charge in [0.2, 0.25) is 0 Å². The van der Waals surface area contributed by atoms with Crippen LogP contribution in [0.5, 0.6) is 11.5 Å². The van der Waals surface area contributed by atoms with Gasteiger partial charge in [-0.2, -0.15) is 0 Å². The Hall–Kier alpha value is -4.11. The van der Waals surface area contributed by atoms with Crippen molar-refractivity contribution < 1.29 is 34.1 Å². The van der Waals surface area contributed by atoms with Crippen LogP contribution in [0, 0.1) is 0 Å². The quantitative estimate of drug-likeness (QED) is 0.370. The van der Waals surface area contributed by atoms with Gasteiger partial charge in [0, 0.05) is 18.9 Å². The zero-order valence-corrected chi connectivity index (χ0v) is 20.7. The van der Waals surface area contributed by atoms with Crippen molar-refractivity contribution in [3.63, 3.8) is 0 Å². The molecule has 9 heteroatoms. The molecule has 0 saturated carbocycles. The van der Waals surface area contributed by atoms with Crippen molar-refractivity contribution in [3.05, 3.63) is 77.9 Å². The number of ether oxygens (including phenoxy) is 3. The highest BCUT2D eigenvalue weighted by Gasteiger charge is 2.32. The van der Waals surface area contributed by atoms with Crippen LogP contribution in [0.1, 0.15) is 30.9 Å². The number of aliphatic carboxylic acids is 1. The van der Waals surface area contributed by atoms with Gasteiger partial charge in [-0.3, -0.25) is 4.79 Å². The van der Waals surface area contributed by atoms with Crippen LogP contribution in [-0.2, 0) is 20.7 Å². The van der Waals surface area contributed by atoms with E-state index in [0.29, 0.717) is 36.0 Å². The van der Waals surface area contributed by atoms with Crippen LogP contribution in [0.2, 0.25) is 0 Å². The number of benzene rings is 2. The zero-order valence-electron chi connectivity index (χ0n) is 20.7. The van der Waals surface area contributed by atoms with E-state index in [0.717, 1.165) is 11.1 Å². The van der Waals surface area contributed by atoms with E-state index in [9.17, 15) is 19.9 Å². The maximum absolute atomic E-state index is 13.0. The van der Waals surface area contributed by atoms with E-state index in [1.165, 1.54) is 0 Å². The lowest BCUT2D eigenvalue weighted by molar-refractivity contribution is -0.149. The normalized spacial score (nSPS) is 20.4. The SMILES string of the molecule is CCOC(Cc1ccc(OCCN2C(=O)C(C)Oc3ccc(C4C=CC=CC4=NO)cc32)cc1)C(=O)O. The second-order valence-electron chi connectivity index (χ2n) is 8.70. The first-order valence-electron chi connectivity index (χ1n) is 12.2. The monoisotopic (exact) mass is 506 g/mol. The third-order valence-corrected chi connectivity index (χ3v) is 6.24. The summed E-state index contributed by atoms with van der Waals surface area (Å²) in [5, 5.41) is 22.1. The average molecular weight is 507 g/mol. The topological polar surface area (TPSA) is 118 Å². The molecule has 0 fully saturated rings. The number of fused-ring (bicyclic) bond motifs is 1. The fourth-order valence-corrected chi connectivity index (χ4v) is 4.37. The van der Waals surface area contributed by atoms with Crippen LogP contribution < -0.4 is 14.4 Å². The highest BCUT2D eigenvalue weighted by Crippen LogP contribution is 2.37. The molecule has 0 spiro atoms. The third kappa shape index (κ3) is 6.00. The highest BCUT2D eigenvalue weighted by molar-refractivity contribution is 6.03. The van der Waals surface area contributed by atoms with E-state index in [2.05, 4.69) is 5.16 Å². The Labute approximate surface area is 215 Å². The van der Waals surface area contributed by atoms with Gasteiger partial charge in [-0.1, -0.05) is 41.6 Å². The number of carboxylic acid groups (broad SMARTS) is 1. The molecule has 3 unspecified atom stereocenters. The maximum Gasteiger partial charge on any atom is 0.333 e. The van der Waals surface area contributed by atoms with Crippen molar-refractivity contribution in [3.8, 4) is 11.5 Å². The molecule has 0 radical (unpaired) electrons. The second kappa shape index (κ2) is 11.7. The maximum atomic E-state index is 13.0. The van der Waals surface area contributed by atoms with E-state index in [1.807, 2.05) is 30.4 Å². The molecule has 2 N–H and O–H groups in total. The number of anilines is 1. The van der Waals surface area contributed by atoms with E-state index < -0.39 is 18.2 Å². The Morgan fingerprint density at radius 1 is 1.19 bits per heavy atom. The van der Waals surface area contributed by atoms with E-state index >= 15 is 0 Å². The number of amides is 1. The first kappa shape index (κ1) is 26.0. The molecule has 37 heavy (non-hydrogen) atoms. The van der Waals surface area contributed by atoms with E-state index in [4.69, 9.17) is 14.2 Å². The van der Waals surface area contributed by atoms with Gasteiger partial charge in [-0.15, -0.1) is 0 Å². The molecule has 2 aromatic carbocycles. The zero-order chi connectivity index (χ0) is 26.4. The number of carbonyl (C=O) groups is 2. The van der Waals surface area contributed by atoms with Crippen molar-refractivity contribution in [2.75, 3.05) is 24.7 Å². The Kier molecular flexibility index (Phi) is 8.25. The minimum atomic E-state index is -0.995. The minimum Gasteiger partial charge on any atom is -0.492 e. The molecule has 1 amide bonds. The molecule has 2 aromatic rings. The van der Waals surface area contributed by atoms with Gasteiger partial charge in [0.1, 0.15) is 18.1 Å². The Morgan fingerprint density at radius 2 is 1.97 bits per heavy atom. The van der Waals surface area contributed by atoms with Crippen molar-refractivity contribution in [2.45, 2.75) is 38.4 Å². The van der Waals surface area contributed by atoms with Crippen LogP contribution in [0.4, 0.5) is 5.69 Å². The first-order valence-corrected chi connectivity index (χ1v) is 12.2. The summed E-state index contributed by atoms with van der Waals surface area (Å²) in [6.07, 6.45) is 6.10. The lowest BCUT2D eigenvalue weighted by Gasteiger charge is -2.33. The van der Waals surface area contributed by atoms with Gasteiger partial charge in [0.15, 0.2) is 12.2 Å². The molecule has 0 aromatic heterocycles. The summed E-state index contributed by atoms with van der Waals surface area (Å²) in [4.78, 5) is 26.0. The van der Waals surface area contributed by atoms with E-state index in [1.54, 1.807) is 55.2 Å². The predicted molar refractivity (Wildman–Crippen MR) is 138 cm³/mol. The Balaban J connectivity index is 1.44.